The number of nitrogens with two attached hydrogens (primary N) is 1. The summed E-state index contributed by atoms with van der Waals surface area (Å²) in [6, 6.07) is 4.11. The lowest BCUT2D eigenvalue weighted by atomic mass is 9.86. The predicted octanol–water partition coefficient (Wildman–Crippen LogP) is 1.22. The zero-order valence-electron chi connectivity index (χ0n) is 8.49. The van der Waals surface area contributed by atoms with E-state index in [1.165, 1.54) is 5.56 Å². The molecule has 0 amide bonds. The Morgan fingerprint density at radius 3 is 2.93 bits per heavy atom. The van der Waals surface area contributed by atoms with E-state index >= 15 is 0 Å². The number of aromatic nitrogens is 1. The summed E-state index contributed by atoms with van der Waals surface area (Å²) in [6.45, 7) is 3.48. The number of hydrogen-bond donors (Lipinski definition) is 1. The summed E-state index contributed by atoms with van der Waals surface area (Å²) >= 11 is 0. The Bertz CT molecular complexity index is 315. The molecular weight excluding hydrogens is 176 g/mol. The summed E-state index contributed by atoms with van der Waals surface area (Å²) in [5, 5.41) is 0. The van der Waals surface area contributed by atoms with Crippen LogP contribution in [0.25, 0.3) is 0 Å². The molecule has 0 aromatic carbocycles. The molecule has 3 nitrogen and oxygen atoms in total. The summed E-state index contributed by atoms with van der Waals surface area (Å²) in [6.07, 6.45) is 3.82. The number of pyridine rings is 1. The number of rotatable bonds is 3. The van der Waals surface area contributed by atoms with Crippen LogP contribution in [-0.2, 0) is 16.8 Å². The van der Waals surface area contributed by atoms with Crippen LogP contribution in [0.3, 0.4) is 0 Å². The molecule has 76 valence electrons. The first-order chi connectivity index (χ1) is 6.80. The first kappa shape index (κ1) is 9.62. The van der Waals surface area contributed by atoms with E-state index in [0.29, 0.717) is 6.54 Å². The van der Waals surface area contributed by atoms with E-state index in [1.54, 1.807) is 0 Å². The second-order valence-corrected chi connectivity index (χ2v) is 3.69. The molecule has 2 N–H and O–H groups in total. The van der Waals surface area contributed by atoms with Crippen LogP contribution in [0.4, 0.5) is 0 Å². The summed E-state index contributed by atoms with van der Waals surface area (Å²) in [5.74, 6) is 0. The minimum atomic E-state index is -0.215. The molecule has 1 saturated heterocycles. The molecule has 1 unspecified atom stereocenters. The molecule has 2 heterocycles. The zero-order valence-corrected chi connectivity index (χ0v) is 8.49. The van der Waals surface area contributed by atoms with Crippen molar-refractivity contribution in [3.05, 3.63) is 29.6 Å². The van der Waals surface area contributed by atoms with E-state index in [0.717, 1.165) is 25.1 Å². The highest BCUT2D eigenvalue weighted by molar-refractivity contribution is 5.25. The average Bonchev–Trinajstić information content (AvgIpc) is 2.18. The van der Waals surface area contributed by atoms with Crippen molar-refractivity contribution in [1.82, 2.24) is 4.98 Å². The van der Waals surface area contributed by atoms with E-state index in [9.17, 15) is 0 Å². The fourth-order valence-electron chi connectivity index (χ4n) is 1.81. The third kappa shape index (κ3) is 1.42. The van der Waals surface area contributed by atoms with Gasteiger partial charge in [0.05, 0.1) is 6.61 Å². The van der Waals surface area contributed by atoms with Crippen molar-refractivity contribution in [1.29, 1.82) is 0 Å². The highest BCUT2D eigenvalue weighted by Gasteiger charge is 2.38. The highest BCUT2D eigenvalue weighted by atomic mass is 16.5. The molecule has 1 aliphatic heterocycles. The molecule has 1 aliphatic rings. The van der Waals surface area contributed by atoms with Crippen LogP contribution in [0.1, 0.15) is 24.6 Å². The second kappa shape index (κ2) is 3.67. The maximum absolute atomic E-state index is 5.75. The van der Waals surface area contributed by atoms with E-state index < -0.39 is 0 Å². The largest absolute Gasteiger partial charge is 0.369 e. The normalized spacial score (nSPS) is 25.9. The SMILES string of the molecule is CCc1cc(C2(CN)CCO2)ccn1. The van der Waals surface area contributed by atoms with Gasteiger partial charge in [-0.1, -0.05) is 6.92 Å². The van der Waals surface area contributed by atoms with Crippen LogP contribution in [0.15, 0.2) is 18.3 Å². The van der Waals surface area contributed by atoms with Crippen LogP contribution < -0.4 is 5.73 Å². The van der Waals surface area contributed by atoms with Gasteiger partial charge in [0.15, 0.2) is 0 Å². The molecule has 1 atom stereocenters. The molecule has 0 radical (unpaired) electrons. The van der Waals surface area contributed by atoms with Crippen molar-refractivity contribution >= 4 is 0 Å². The van der Waals surface area contributed by atoms with Crippen LogP contribution in [-0.4, -0.2) is 18.1 Å². The van der Waals surface area contributed by atoms with Gasteiger partial charge in [-0.25, -0.2) is 0 Å². The first-order valence-corrected chi connectivity index (χ1v) is 5.10. The highest BCUT2D eigenvalue weighted by Crippen LogP contribution is 2.36. The lowest BCUT2D eigenvalue weighted by molar-refractivity contribution is -0.146. The summed E-state index contributed by atoms with van der Waals surface area (Å²) in [7, 11) is 0. The van der Waals surface area contributed by atoms with Crippen LogP contribution in [0.2, 0.25) is 0 Å². The summed E-state index contributed by atoms with van der Waals surface area (Å²) < 4.78 is 5.60. The van der Waals surface area contributed by atoms with Gasteiger partial charge in [-0.2, -0.15) is 0 Å². The Hall–Kier alpha value is -0.930. The van der Waals surface area contributed by atoms with Crippen molar-refractivity contribution in [3.8, 4) is 0 Å². The summed E-state index contributed by atoms with van der Waals surface area (Å²) in [5.41, 5.74) is 7.81. The molecule has 0 saturated carbocycles. The van der Waals surface area contributed by atoms with Crippen LogP contribution >= 0.6 is 0 Å². The first-order valence-electron chi connectivity index (χ1n) is 5.10. The Morgan fingerprint density at radius 2 is 2.43 bits per heavy atom. The zero-order chi connectivity index (χ0) is 10.0. The maximum atomic E-state index is 5.75. The van der Waals surface area contributed by atoms with Gasteiger partial charge >= 0.3 is 0 Å². The lowest BCUT2D eigenvalue weighted by Gasteiger charge is -2.41. The van der Waals surface area contributed by atoms with E-state index in [1.807, 2.05) is 12.3 Å². The number of nitrogens with zero attached hydrogens (tertiary/aromatic N) is 1. The number of aryl methyl sites for hydroxylation is 1. The van der Waals surface area contributed by atoms with Crippen molar-refractivity contribution in [2.45, 2.75) is 25.4 Å². The molecule has 0 spiro atoms. The van der Waals surface area contributed by atoms with Crippen LogP contribution in [0.5, 0.6) is 0 Å². The maximum Gasteiger partial charge on any atom is 0.108 e. The molecular formula is C11H16N2O. The van der Waals surface area contributed by atoms with Gasteiger partial charge in [-0.05, 0) is 24.1 Å². The van der Waals surface area contributed by atoms with E-state index in [4.69, 9.17) is 10.5 Å². The Morgan fingerprint density at radius 1 is 1.64 bits per heavy atom. The predicted molar refractivity (Wildman–Crippen MR) is 54.9 cm³/mol. The van der Waals surface area contributed by atoms with Crippen molar-refractivity contribution in [2.24, 2.45) is 5.73 Å². The Kier molecular flexibility index (Phi) is 2.52. The minimum Gasteiger partial charge on any atom is -0.369 e. The van der Waals surface area contributed by atoms with Gasteiger partial charge < -0.3 is 10.5 Å². The summed E-state index contributed by atoms with van der Waals surface area (Å²) in [4.78, 5) is 4.27. The fourth-order valence-corrected chi connectivity index (χ4v) is 1.81. The fraction of sp³-hybridized carbons (Fsp3) is 0.545. The second-order valence-electron chi connectivity index (χ2n) is 3.69. The lowest BCUT2D eigenvalue weighted by Crippen LogP contribution is -2.47. The minimum absolute atomic E-state index is 0.215. The van der Waals surface area contributed by atoms with E-state index in [-0.39, 0.29) is 5.60 Å². The van der Waals surface area contributed by atoms with Gasteiger partial charge in [0.1, 0.15) is 5.60 Å². The van der Waals surface area contributed by atoms with Crippen molar-refractivity contribution < 1.29 is 4.74 Å². The monoisotopic (exact) mass is 192 g/mol. The quantitative estimate of drug-likeness (QED) is 0.783. The van der Waals surface area contributed by atoms with Crippen LogP contribution in [0, 0.1) is 0 Å². The molecule has 14 heavy (non-hydrogen) atoms. The topological polar surface area (TPSA) is 48.1 Å². The standard InChI is InChI=1S/C11H16N2O/c1-2-10-7-9(3-5-13-10)11(8-12)4-6-14-11/h3,5,7H,2,4,6,8,12H2,1H3. The van der Waals surface area contributed by atoms with Gasteiger partial charge in [0.25, 0.3) is 0 Å². The Labute approximate surface area is 84.3 Å². The number of ether oxygens (including phenoxy) is 1. The Balaban J connectivity index is 2.30. The molecule has 0 bridgehead atoms. The third-order valence-electron chi connectivity index (χ3n) is 2.92. The van der Waals surface area contributed by atoms with E-state index in [2.05, 4.69) is 18.0 Å². The third-order valence-corrected chi connectivity index (χ3v) is 2.92. The van der Waals surface area contributed by atoms with Crippen molar-refractivity contribution in [3.63, 3.8) is 0 Å². The molecule has 1 aromatic heterocycles. The molecule has 1 aromatic rings. The van der Waals surface area contributed by atoms with Gasteiger partial charge in [-0.3, -0.25) is 4.98 Å². The average molecular weight is 192 g/mol. The molecule has 3 heteroatoms. The van der Waals surface area contributed by atoms with Gasteiger partial charge in [0, 0.05) is 24.9 Å². The van der Waals surface area contributed by atoms with Crippen molar-refractivity contribution in [2.75, 3.05) is 13.2 Å². The number of hydrogen-bond acceptors (Lipinski definition) is 3. The molecule has 2 rings (SSSR count). The molecule has 0 aliphatic carbocycles. The molecule has 1 fully saturated rings. The van der Waals surface area contributed by atoms with Gasteiger partial charge in [-0.15, -0.1) is 0 Å². The van der Waals surface area contributed by atoms with Gasteiger partial charge in [0.2, 0.25) is 0 Å². The smallest absolute Gasteiger partial charge is 0.108 e.